The lowest BCUT2D eigenvalue weighted by molar-refractivity contribution is -0.387. The molecule has 4 nitrogen and oxygen atoms in total. The van der Waals surface area contributed by atoms with Crippen molar-refractivity contribution >= 4 is 39.5 Å². The molecule has 0 unspecified atom stereocenters. The monoisotopic (exact) mass is 311 g/mol. The predicted molar refractivity (Wildman–Crippen MR) is 91.9 cm³/mol. The predicted octanol–water partition coefficient (Wildman–Crippen LogP) is 4.63. The Hall–Kier alpha value is -3.49. The number of fused-ring (bicyclic) bond motifs is 3. The summed E-state index contributed by atoms with van der Waals surface area (Å²) >= 11 is 0. The topological polar surface area (TPSA) is 32.0 Å². The molecule has 0 saturated carbocycles. The Bertz CT molecular complexity index is 1180. The Morgan fingerprint density at radius 3 is 2.50 bits per heavy atom. The van der Waals surface area contributed by atoms with E-state index >= 15 is 0 Å². The van der Waals surface area contributed by atoms with Gasteiger partial charge in [0.15, 0.2) is 0 Å². The Morgan fingerprint density at radius 2 is 1.62 bits per heavy atom. The Labute approximate surface area is 137 Å². The van der Waals surface area contributed by atoms with Crippen LogP contribution in [0.15, 0.2) is 83.7 Å². The molecule has 0 aliphatic carbocycles. The van der Waals surface area contributed by atoms with Gasteiger partial charge in [-0.25, -0.2) is 4.98 Å². The largest absolute Gasteiger partial charge is 0.501 e. The first-order chi connectivity index (χ1) is 11.9. The van der Waals surface area contributed by atoms with E-state index in [1.54, 1.807) is 6.20 Å². The molecule has 5 rings (SSSR count). The van der Waals surface area contributed by atoms with Crippen molar-refractivity contribution < 1.29 is 13.6 Å². The van der Waals surface area contributed by atoms with E-state index in [9.17, 15) is 0 Å². The van der Waals surface area contributed by atoms with Crippen LogP contribution in [0.5, 0.6) is 0 Å². The van der Waals surface area contributed by atoms with E-state index in [-0.39, 0.29) is 0 Å². The van der Waals surface area contributed by atoms with Crippen LogP contribution in [0.4, 0.5) is 11.4 Å². The molecule has 4 heteroatoms. The van der Waals surface area contributed by atoms with Crippen LogP contribution >= 0.6 is 0 Å². The zero-order valence-corrected chi connectivity index (χ0v) is 12.8. The van der Waals surface area contributed by atoms with E-state index in [2.05, 4.69) is 35.3 Å². The molecule has 3 heterocycles. The standard InChI is InChI=1S/C20H13N3O/c1-2-5-15(6-3-1)22-11-12-23(14-22)16-8-9-17-18-7-4-10-21-20(18)24-19(17)13-16/h1-13H/q+2. The second-order valence-electron chi connectivity index (χ2n) is 5.61. The number of aromatic nitrogens is 1. The molecule has 4 aromatic rings. The first-order valence-electron chi connectivity index (χ1n) is 7.74. The summed E-state index contributed by atoms with van der Waals surface area (Å²) in [6, 6.07) is 23.6. The summed E-state index contributed by atoms with van der Waals surface area (Å²) in [5, 5.41) is 2.11. The number of furan rings is 1. The third kappa shape index (κ3) is 1.98. The molecule has 0 amide bonds. The van der Waals surface area contributed by atoms with Gasteiger partial charge < -0.3 is 4.42 Å². The summed E-state index contributed by atoms with van der Waals surface area (Å²) in [5.74, 6) is 0. The average molecular weight is 311 g/mol. The molecule has 112 valence electrons. The van der Waals surface area contributed by atoms with Crippen LogP contribution in [-0.4, -0.2) is 20.1 Å². The van der Waals surface area contributed by atoms with Gasteiger partial charge in [-0.2, -0.15) is 0 Å². The van der Waals surface area contributed by atoms with Crippen molar-refractivity contribution in [2.24, 2.45) is 0 Å². The highest BCUT2D eigenvalue weighted by Crippen LogP contribution is 2.30. The van der Waals surface area contributed by atoms with Gasteiger partial charge in [0, 0.05) is 35.2 Å². The van der Waals surface area contributed by atoms with Crippen molar-refractivity contribution in [3.63, 3.8) is 0 Å². The molecule has 1 aliphatic rings. The quantitative estimate of drug-likeness (QED) is 0.506. The minimum absolute atomic E-state index is 0.667. The van der Waals surface area contributed by atoms with E-state index in [0.717, 1.165) is 27.7 Å². The highest BCUT2D eigenvalue weighted by Gasteiger charge is 2.22. The Balaban J connectivity index is 1.66. The summed E-state index contributed by atoms with van der Waals surface area (Å²) in [6.07, 6.45) is 5.71. The lowest BCUT2D eigenvalue weighted by Crippen LogP contribution is -1.94. The molecule has 0 saturated heterocycles. The van der Waals surface area contributed by atoms with E-state index < -0.39 is 0 Å². The molecule has 0 spiro atoms. The molecular weight excluding hydrogens is 298 g/mol. The molecule has 1 aliphatic heterocycles. The maximum Gasteiger partial charge on any atom is 0.501 e. The van der Waals surface area contributed by atoms with Crippen molar-refractivity contribution in [3.05, 3.63) is 79.3 Å². The van der Waals surface area contributed by atoms with E-state index in [0.29, 0.717) is 5.71 Å². The number of hydrogen-bond donors (Lipinski definition) is 0. The molecule has 2 aromatic carbocycles. The van der Waals surface area contributed by atoms with Gasteiger partial charge in [-0.15, -0.1) is 0 Å². The van der Waals surface area contributed by atoms with Crippen molar-refractivity contribution in [1.29, 1.82) is 0 Å². The van der Waals surface area contributed by atoms with E-state index in [4.69, 9.17) is 4.42 Å². The maximum absolute atomic E-state index is 5.86. The first kappa shape index (κ1) is 13.0. The lowest BCUT2D eigenvalue weighted by atomic mass is 10.2. The van der Waals surface area contributed by atoms with Gasteiger partial charge >= 0.3 is 6.01 Å². The lowest BCUT2D eigenvalue weighted by Gasteiger charge is -1.90. The molecule has 2 aromatic heterocycles. The average Bonchev–Trinajstić information content (AvgIpc) is 3.27. The van der Waals surface area contributed by atoms with Crippen LogP contribution in [0.25, 0.3) is 22.1 Å². The van der Waals surface area contributed by atoms with Gasteiger partial charge in [0.05, 0.1) is 6.07 Å². The van der Waals surface area contributed by atoms with Gasteiger partial charge in [0.2, 0.25) is 17.1 Å². The van der Waals surface area contributed by atoms with Crippen LogP contribution in [0, 0.1) is 0 Å². The Morgan fingerprint density at radius 1 is 0.792 bits per heavy atom. The highest BCUT2D eigenvalue weighted by molar-refractivity contribution is 6.03. The van der Waals surface area contributed by atoms with Gasteiger partial charge in [-0.1, -0.05) is 27.4 Å². The third-order valence-corrected chi connectivity index (χ3v) is 4.13. The van der Waals surface area contributed by atoms with Crippen LogP contribution in [-0.2, 0) is 0 Å². The number of benzene rings is 2. The normalized spacial score (nSPS) is 13.5. The Kier molecular flexibility index (Phi) is 2.72. The summed E-state index contributed by atoms with van der Waals surface area (Å²) in [7, 11) is 0. The number of rotatable bonds is 2. The highest BCUT2D eigenvalue weighted by atomic mass is 16.3. The fourth-order valence-corrected chi connectivity index (χ4v) is 2.94. The minimum Gasteiger partial charge on any atom is -0.437 e. The molecular formula is C20H13N3O+2. The zero-order chi connectivity index (χ0) is 15.9. The summed E-state index contributed by atoms with van der Waals surface area (Å²) in [4.78, 5) is 4.28. The van der Waals surface area contributed by atoms with Crippen LogP contribution in [0.3, 0.4) is 0 Å². The SMILES string of the molecule is C1=[N+](c2ccccc2)C=C[N+]=1c1ccc2c(c1)oc1ncccc12. The van der Waals surface area contributed by atoms with Crippen LogP contribution < -0.4 is 0 Å². The second kappa shape index (κ2) is 5.01. The maximum atomic E-state index is 5.86. The van der Waals surface area contributed by atoms with E-state index in [1.165, 1.54) is 0 Å². The van der Waals surface area contributed by atoms with E-state index in [1.807, 2.05) is 57.9 Å². The third-order valence-electron chi connectivity index (χ3n) is 4.13. The fourth-order valence-electron chi connectivity index (χ4n) is 2.94. The summed E-state index contributed by atoms with van der Waals surface area (Å²) in [6.45, 7) is 0. The zero-order valence-electron chi connectivity index (χ0n) is 12.8. The summed E-state index contributed by atoms with van der Waals surface area (Å²) < 4.78 is 9.78. The summed E-state index contributed by atoms with van der Waals surface area (Å²) in [5.41, 5.74) is 3.57. The molecule has 0 radical (unpaired) electrons. The minimum atomic E-state index is 0.667. The van der Waals surface area contributed by atoms with Crippen molar-refractivity contribution in [2.45, 2.75) is 0 Å². The van der Waals surface area contributed by atoms with Gasteiger partial charge in [-0.05, 0) is 18.2 Å². The van der Waals surface area contributed by atoms with Gasteiger partial charge in [0.1, 0.15) is 5.58 Å². The number of para-hydroxylation sites is 1. The van der Waals surface area contributed by atoms with Gasteiger partial charge in [-0.3, -0.25) is 0 Å². The smallest absolute Gasteiger partial charge is 0.437 e. The number of hydrogen-bond acceptors (Lipinski definition) is 2. The number of nitrogens with zero attached hydrogens (tertiary/aromatic N) is 3. The van der Waals surface area contributed by atoms with Gasteiger partial charge in [0.25, 0.3) is 12.4 Å². The van der Waals surface area contributed by atoms with Crippen molar-refractivity contribution in [1.82, 2.24) is 4.98 Å². The molecule has 24 heavy (non-hydrogen) atoms. The van der Waals surface area contributed by atoms with Crippen LogP contribution in [0.1, 0.15) is 0 Å². The first-order valence-corrected chi connectivity index (χ1v) is 7.74. The molecule has 0 fully saturated rings. The molecule has 0 atom stereocenters. The van der Waals surface area contributed by atoms with Crippen molar-refractivity contribution in [2.75, 3.05) is 0 Å². The van der Waals surface area contributed by atoms with Crippen LogP contribution in [0.2, 0.25) is 0 Å². The fraction of sp³-hybridized carbons (Fsp3) is 0. The molecule has 0 bridgehead atoms. The van der Waals surface area contributed by atoms with Crippen molar-refractivity contribution in [3.8, 4) is 0 Å². The molecule has 0 N–H and O–H groups in total. The second-order valence-corrected chi connectivity index (χ2v) is 5.61. The number of pyridine rings is 1.